The van der Waals surface area contributed by atoms with Gasteiger partial charge in [0.25, 0.3) is 0 Å². The van der Waals surface area contributed by atoms with Crippen molar-refractivity contribution in [1.29, 1.82) is 0 Å². The molecular weight excluding hydrogens is 507 g/mol. The maximum atomic E-state index is 13.0. The summed E-state index contributed by atoms with van der Waals surface area (Å²) in [6.07, 6.45) is 0. The van der Waals surface area contributed by atoms with Crippen LogP contribution in [0.5, 0.6) is 0 Å². The highest BCUT2D eigenvalue weighted by molar-refractivity contribution is 7.80. The molecule has 35 heavy (non-hydrogen) atoms. The standard InChI is InChI=1S/C25H28Cl2N4O3S/c1-5-31-15(4)21(23(32)34-13-14(2)3)22(30-25(31)35)16-6-8-17(9-7-16)28-24(33)29-18-10-11-19(26)20(27)12-18/h6-12,14,22H,5,13H2,1-4H3,(H,30,35)(H2,28,29,33). The van der Waals surface area contributed by atoms with E-state index in [2.05, 4.69) is 16.0 Å². The fraction of sp³-hybridized carbons (Fsp3) is 0.320. The molecule has 0 aliphatic carbocycles. The first-order chi connectivity index (χ1) is 16.6. The van der Waals surface area contributed by atoms with Gasteiger partial charge in [-0.15, -0.1) is 0 Å². The zero-order valence-corrected chi connectivity index (χ0v) is 22.3. The van der Waals surface area contributed by atoms with Crippen molar-refractivity contribution in [3.05, 3.63) is 69.3 Å². The lowest BCUT2D eigenvalue weighted by molar-refractivity contribution is -0.140. The Kier molecular flexibility index (Phi) is 8.99. The Labute approximate surface area is 220 Å². The number of nitrogens with zero attached hydrogens (tertiary/aromatic N) is 1. The van der Waals surface area contributed by atoms with Gasteiger partial charge >= 0.3 is 12.0 Å². The van der Waals surface area contributed by atoms with Crippen LogP contribution in [0.3, 0.4) is 0 Å². The molecule has 2 aromatic carbocycles. The van der Waals surface area contributed by atoms with Crippen LogP contribution in [0, 0.1) is 5.92 Å². The predicted octanol–water partition coefficient (Wildman–Crippen LogP) is 6.36. The molecule has 10 heteroatoms. The average Bonchev–Trinajstić information content (AvgIpc) is 2.80. The summed E-state index contributed by atoms with van der Waals surface area (Å²) in [7, 11) is 0. The molecule has 0 spiro atoms. The first kappa shape index (κ1) is 26.8. The molecule has 1 aliphatic heterocycles. The predicted molar refractivity (Wildman–Crippen MR) is 145 cm³/mol. The van der Waals surface area contributed by atoms with Gasteiger partial charge in [0.15, 0.2) is 5.11 Å². The number of carbonyl (C=O) groups is 2. The average molecular weight is 535 g/mol. The maximum absolute atomic E-state index is 13.0. The van der Waals surface area contributed by atoms with Crippen molar-refractivity contribution in [2.45, 2.75) is 33.7 Å². The molecule has 3 N–H and O–H groups in total. The summed E-state index contributed by atoms with van der Waals surface area (Å²) in [5, 5.41) is 10.0. The van der Waals surface area contributed by atoms with Crippen molar-refractivity contribution in [2.75, 3.05) is 23.8 Å². The number of hydrogen-bond acceptors (Lipinski definition) is 4. The van der Waals surface area contributed by atoms with Crippen LogP contribution in [-0.2, 0) is 9.53 Å². The Bertz CT molecular complexity index is 1150. The molecule has 0 fully saturated rings. The highest BCUT2D eigenvalue weighted by Gasteiger charge is 2.34. The lowest BCUT2D eigenvalue weighted by Crippen LogP contribution is -2.47. The van der Waals surface area contributed by atoms with Crippen LogP contribution in [0.1, 0.15) is 39.3 Å². The summed E-state index contributed by atoms with van der Waals surface area (Å²) in [4.78, 5) is 27.3. The van der Waals surface area contributed by atoms with E-state index in [1.807, 2.05) is 44.7 Å². The molecule has 1 atom stereocenters. The highest BCUT2D eigenvalue weighted by Crippen LogP contribution is 2.32. The quantitative estimate of drug-likeness (QED) is 0.283. The van der Waals surface area contributed by atoms with Gasteiger partial charge in [0.05, 0.1) is 28.3 Å². The fourth-order valence-electron chi connectivity index (χ4n) is 3.62. The number of benzene rings is 2. The zero-order valence-electron chi connectivity index (χ0n) is 19.9. The minimum absolute atomic E-state index is 0.221. The van der Waals surface area contributed by atoms with E-state index in [4.69, 9.17) is 40.2 Å². The van der Waals surface area contributed by atoms with Crippen LogP contribution in [0.25, 0.3) is 0 Å². The van der Waals surface area contributed by atoms with E-state index < -0.39 is 12.1 Å². The molecule has 7 nitrogen and oxygen atoms in total. The monoisotopic (exact) mass is 534 g/mol. The lowest BCUT2D eigenvalue weighted by Gasteiger charge is -2.37. The normalized spacial score (nSPS) is 15.7. The topological polar surface area (TPSA) is 82.7 Å². The van der Waals surface area contributed by atoms with Gasteiger partial charge in [-0.1, -0.05) is 49.2 Å². The first-order valence-corrected chi connectivity index (χ1v) is 12.4. The second kappa shape index (κ2) is 11.7. The van der Waals surface area contributed by atoms with Crippen LogP contribution in [0.2, 0.25) is 10.0 Å². The summed E-state index contributed by atoms with van der Waals surface area (Å²) in [6.45, 7) is 8.78. The molecule has 1 heterocycles. The van der Waals surface area contributed by atoms with E-state index >= 15 is 0 Å². The number of allylic oxidation sites excluding steroid dienone is 1. The summed E-state index contributed by atoms with van der Waals surface area (Å²) in [5.74, 6) is -0.156. The van der Waals surface area contributed by atoms with Crippen molar-refractivity contribution in [1.82, 2.24) is 10.2 Å². The van der Waals surface area contributed by atoms with Crippen molar-refractivity contribution in [3.8, 4) is 0 Å². The molecule has 1 unspecified atom stereocenters. The number of thiocarbonyl (C=S) groups is 1. The van der Waals surface area contributed by atoms with Crippen molar-refractivity contribution in [3.63, 3.8) is 0 Å². The summed E-state index contributed by atoms with van der Waals surface area (Å²) < 4.78 is 5.55. The summed E-state index contributed by atoms with van der Waals surface area (Å²) in [5.41, 5.74) is 3.18. The minimum Gasteiger partial charge on any atom is -0.462 e. The second-order valence-corrected chi connectivity index (χ2v) is 9.65. The number of halogens is 2. The third-order valence-corrected chi connectivity index (χ3v) is 6.44. The van der Waals surface area contributed by atoms with Crippen LogP contribution in [-0.4, -0.2) is 35.2 Å². The number of nitrogens with one attached hydrogen (secondary N) is 3. The van der Waals surface area contributed by atoms with E-state index in [0.29, 0.717) is 45.3 Å². The Morgan fingerprint density at radius 3 is 2.31 bits per heavy atom. The summed E-state index contributed by atoms with van der Waals surface area (Å²) >= 11 is 17.4. The van der Waals surface area contributed by atoms with E-state index in [1.54, 1.807) is 30.3 Å². The summed E-state index contributed by atoms with van der Waals surface area (Å²) in [6, 6.07) is 11.1. The second-order valence-electron chi connectivity index (χ2n) is 8.45. The van der Waals surface area contributed by atoms with Crippen LogP contribution in [0.4, 0.5) is 16.2 Å². The third-order valence-electron chi connectivity index (χ3n) is 5.36. The Morgan fingerprint density at radius 2 is 1.71 bits per heavy atom. The van der Waals surface area contributed by atoms with Gasteiger partial charge in [-0.2, -0.15) is 0 Å². The Balaban J connectivity index is 1.78. The van der Waals surface area contributed by atoms with Crippen molar-refractivity contribution in [2.24, 2.45) is 5.92 Å². The smallest absolute Gasteiger partial charge is 0.338 e. The molecule has 0 bridgehead atoms. The number of esters is 1. The molecule has 0 saturated heterocycles. The number of anilines is 2. The molecule has 0 saturated carbocycles. The molecule has 2 aromatic rings. The molecule has 0 radical (unpaired) electrons. The van der Waals surface area contributed by atoms with E-state index in [9.17, 15) is 9.59 Å². The third kappa shape index (κ3) is 6.66. The molecule has 0 aromatic heterocycles. The Hall–Kier alpha value is -2.81. The number of rotatable bonds is 7. The molecular formula is C25H28Cl2N4O3S. The SMILES string of the molecule is CCN1C(=S)NC(c2ccc(NC(=O)Nc3ccc(Cl)c(Cl)c3)cc2)C(C(=O)OCC(C)C)=C1C. The number of carbonyl (C=O) groups excluding carboxylic acids is 2. The fourth-order valence-corrected chi connectivity index (χ4v) is 4.30. The number of hydrogen-bond donors (Lipinski definition) is 3. The van der Waals surface area contributed by atoms with Gasteiger partial charge in [-0.25, -0.2) is 9.59 Å². The number of urea groups is 1. The van der Waals surface area contributed by atoms with E-state index in [0.717, 1.165) is 11.3 Å². The first-order valence-electron chi connectivity index (χ1n) is 11.2. The Morgan fingerprint density at radius 1 is 1.09 bits per heavy atom. The highest BCUT2D eigenvalue weighted by atomic mass is 35.5. The van der Waals surface area contributed by atoms with Gasteiger partial charge in [0.2, 0.25) is 0 Å². The van der Waals surface area contributed by atoms with Crippen molar-refractivity contribution < 1.29 is 14.3 Å². The van der Waals surface area contributed by atoms with Gasteiger partial charge in [-0.3, -0.25) is 0 Å². The molecule has 1 aliphatic rings. The van der Waals surface area contributed by atoms with Crippen molar-refractivity contribution >= 4 is 63.9 Å². The maximum Gasteiger partial charge on any atom is 0.338 e. The minimum atomic E-state index is -0.468. The van der Waals surface area contributed by atoms with Gasteiger partial charge in [0.1, 0.15) is 0 Å². The van der Waals surface area contributed by atoms with E-state index in [1.165, 1.54) is 0 Å². The van der Waals surface area contributed by atoms with Crippen LogP contribution >= 0.6 is 35.4 Å². The van der Waals surface area contributed by atoms with Crippen LogP contribution < -0.4 is 16.0 Å². The van der Waals surface area contributed by atoms with Gasteiger partial charge in [0, 0.05) is 23.6 Å². The lowest BCUT2D eigenvalue weighted by atomic mass is 9.95. The number of ether oxygens (including phenoxy) is 1. The zero-order chi connectivity index (χ0) is 25.7. The molecule has 2 amide bonds. The van der Waals surface area contributed by atoms with Crippen LogP contribution in [0.15, 0.2) is 53.7 Å². The van der Waals surface area contributed by atoms with Gasteiger partial charge < -0.3 is 25.6 Å². The van der Waals surface area contributed by atoms with Gasteiger partial charge in [-0.05, 0) is 67.9 Å². The molecule has 3 rings (SSSR count). The molecule has 186 valence electrons. The van der Waals surface area contributed by atoms with E-state index in [-0.39, 0.29) is 11.9 Å². The number of amides is 2. The largest absolute Gasteiger partial charge is 0.462 e.